The summed E-state index contributed by atoms with van der Waals surface area (Å²) in [5.41, 5.74) is 7.40. The van der Waals surface area contributed by atoms with Crippen LogP contribution in [0.4, 0.5) is 4.79 Å². The summed E-state index contributed by atoms with van der Waals surface area (Å²) in [7, 11) is 1.35. The number of nitrogens with zero attached hydrogens (tertiary/aromatic N) is 2. The van der Waals surface area contributed by atoms with Crippen molar-refractivity contribution in [3.8, 4) is 0 Å². The van der Waals surface area contributed by atoms with Gasteiger partial charge in [-0.15, -0.1) is 4.48 Å². The number of ether oxygens (including phenoxy) is 1. The maximum absolute atomic E-state index is 12.2. The lowest BCUT2D eigenvalue weighted by Crippen LogP contribution is -2.45. The molecule has 0 saturated heterocycles. The zero-order valence-electron chi connectivity index (χ0n) is 12.4. The Morgan fingerprint density at radius 2 is 2.14 bits per heavy atom. The Hall–Kier alpha value is -1.40. The van der Waals surface area contributed by atoms with E-state index in [-0.39, 0.29) is 10.5 Å². The number of quaternary nitrogens is 1. The van der Waals surface area contributed by atoms with Crippen molar-refractivity contribution in [2.45, 2.75) is 25.9 Å². The predicted molar refractivity (Wildman–Crippen MR) is 87.7 cm³/mol. The fraction of sp³-hybridized carbons (Fsp3) is 0.333. The van der Waals surface area contributed by atoms with Crippen molar-refractivity contribution in [1.29, 1.82) is 0 Å². The predicted octanol–water partition coefficient (Wildman–Crippen LogP) is 3.70. The topological polar surface area (TPSA) is 64.7 Å². The molecule has 5 nitrogen and oxygen atoms in total. The van der Waals surface area contributed by atoms with Crippen LogP contribution in [0.25, 0.3) is 0 Å². The number of benzene rings is 1. The number of carbonyl (C=O) groups excluding carboxylic acids is 1. The monoisotopic (exact) mass is 342 g/mol. The van der Waals surface area contributed by atoms with Crippen molar-refractivity contribution in [2.24, 2.45) is 10.7 Å². The molecule has 118 valence electrons. The molecule has 0 aromatic heterocycles. The minimum Gasteiger partial charge on any atom is -0.423 e. The van der Waals surface area contributed by atoms with Crippen molar-refractivity contribution in [3.63, 3.8) is 0 Å². The van der Waals surface area contributed by atoms with Crippen LogP contribution >= 0.6 is 23.2 Å². The van der Waals surface area contributed by atoms with Crippen LogP contribution in [0.15, 0.2) is 35.1 Å². The molecule has 1 aromatic carbocycles. The van der Waals surface area contributed by atoms with Crippen LogP contribution in [-0.4, -0.2) is 30.1 Å². The summed E-state index contributed by atoms with van der Waals surface area (Å²) in [6.45, 7) is 2.23. The van der Waals surface area contributed by atoms with Crippen LogP contribution in [0.5, 0.6) is 0 Å². The molecule has 7 heteroatoms. The zero-order chi connectivity index (χ0) is 16.3. The van der Waals surface area contributed by atoms with E-state index in [2.05, 4.69) is 4.99 Å². The van der Waals surface area contributed by atoms with Crippen molar-refractivity contribution in [3.05, 3.63) is 45.7 Å². The van der Waals surface area contributed by atoms with E-state index in [0.29, 0.717) is 23.0 Å². The molecule has 2 N–H and O–H groups in total. The van der Waals surface area contributed by atoms with Gasteiger partial charge in [0.2, 0.25) is 6.34 Å². The van der Waals surface area contributed by atoms with Gasteiger partial charge in [0.15, 0.2) is 0 Å². The normalized spacial score (nSPS) is 21.6. The average molecular weight is 343 g/mol. The number of methoxy groups -OCH3 is 1. The van der Waals surface area contributed by atoms with Gasteiger partial charge in [-0.1, -0.05) is 29.3 Å². The van der Waals surface area contributed by atoms with E-state index in [1.807, 2.05) is 13.0 Å². The van der Waals surface area contributed by atoms with Gasteiger partial charge in [-0.05, 0) is 19.1 Å². The smallest absolute Gasteiger partial charge is 0.423 e. The first-order valence-corrected chi connectivity index (χ1v) is 7.54. The van der Waals surface area contributed by atoms with Gasteiger partial charge in [0.1, 0.15) is 18.4 Å². The molecule has 0 saturated carbocycles. The number of amides is 1. The van der Waals surface area contributed by atoms with Crippen molar-refractivity contribution in [1.82, 2.24) is 0 Å². The number of rotatable bonds is 4. The Bertz CT molecular complexity index is 644. The standard InChI is InChI=1S/C15H18Cl2N3O2/c1-10(18)5-12-8-20(9-19-12,15(21)22-2)7-11-3-4-13(16)14(17)6-11/h3-4,6,8-10H,5,7,18H2,1-2H3/q+1/t10-,20?/m1/s1. The zero-order valence-corrected chi connectivity index (χ0v) is 13.9. The summed E-state index contributed by atoms with van der Waals surface area (Å²) in [6.07, 6.45) is 3.49. The first-order chi connectivity index (χ1) is 10.4. The Morgan fingerprint density at radius 1 is 1.41 bits per heavy atom. The number of hydrogen-bond acceptors (Lipinski definition) is 4. The summed E-state index contributed by atoms with van der Waals surface area (Å²) in [6, 6.07) is 5.22. The van der Waals surface area contributed by atoms with E-state index in [4.69, 9.17) is 33.7 Å². The molecular weight excluding hydrogens is 325 g/mol. The molecule has 2 rings (SSSR count). The molecule has 0 bridgehead atoms. The van der Waals surface area contributed by atoms with Crippen LogP contribution in [-0.2, 0) is 11.3 Å². The molecule has 1 aromatic rings. The number of aliphatic imine (C=N–C) groups is 1. The summed E-state index contributed by atoms with van der Waals surface area (Å²) in [5.74, 6) is 0. The fourth-order valence-corrected chi connectivity index (χ4v) is 2.63. The highest BCUT2D eigenvalue weighted by atomic mass is 35.5. The maximum Gasteiger partial charge on any atom is 0.526 e. The van der Waals surface area contributed by atoms with Gasteiger partial charge in [0, 0.05) is 18.0 Å². The van der Waals surface area contributed by atoms with Gasteiger partial charge < -0.3 is 10.5 Å². The summed E-state index contributed by atoms with van der Waals surface area (Å²) < 4.78 is 4.77. The summed E-state index contributed by atoms with van der Waals surface area (Å²) in [4.78, 5) is 16.6. The highest BCUT2D eigenvalue weighted by Crippen LogP contribution is 2.28. The molecule has 0 spiro atoms. The van der Waals surface area contributed by atoms with Crippen LogP contribution in [0, 0.1) is 0 Å². The van der Waals surface area contributed by atoms with Gasteiger partial charge >= 0.3 is 6.09 Å². The number of nitrogens with two attached hydrogens (primary N) is 1. The lowest BCUT2D eigenvalue weighted by atomic mass is 10.2. The Kier molecular flexibility index (Phi) is 5.24. The molecule has 1 aliphatic heterocycles. The Labute approximate surface area is 139 Å². The quantitative estimate of drug-likeness (QED) is 0.848. The second kappa shape index (κ2) is 6.79. The summed E-state index contributed by atoms with van der Waals surface area (Å²) in [5, 5.41) is 0.913. The molecule has 1 unspecified atom stereocenters. The van der Waals surface area contributed by atoms with E-state index in [9.17, 15) is 4.79 Å². The molecule has 0 aliphatic carbocycles. The molecule has 0 radical (unpaired) electrons. The van der Waals surface area contributed by atoms with Gasteiger partial charge in [0.25, 0.3) is 0 Å². The van der Waals surface area contributed by atoms with Crippen molar-refractivity contribution in [2.75, 3.05) is 7.11 Å². The van der Waals surface area contributed by atoms with Crippen molar-refractivity contribution < 1.29 is 14.0 Å². The molecule has 22 heavy (non-hydrogen) atoms. The molecule has 2 atom stereocenters. The summed E-state index contributed by atoms with van der Waals surface area (Å²) >= 11 is 12.0. The second-order valence-corrected chi connectivity index (χ2v) is 6.17. The second-order valence-electron chi connectivity index (χ2n) is 5.35. The van der Waals surface area contributed by atoms with Gasteiger partial charge in [0.05, 0.1) is 17.2 Å². The number of hydrogen-bond donors (Lipinski definition) is 1. The van der Waals surface area contributed by atoms with E-state index in [1.165, 1.54) is 7.11 Å². The third-order valence-corrected chi connectivity index (χ3v) is 4.02. The molecule has 1 amide bonds. The lowest BCUT2D eigenvalue weighted by molar-refractivity contribution is -0.716. The van der Waals surface area contributed by atoms with Gasteiger partial charge in [-0.25, -0.2) is 4.99 Å². The van der Waals surface area contributed by atoms with E-state index in [1.54, 1.807) is 24.7 Å². The molecule has 1 aliphatic rings. The van der Waals surface area contributed by atoms with E-state index >= 15 is 0 Å². The van der Waals surface area contributed by atoms with Crippen LogP contribution < -0.4 is 5.73 Å². The third kappa shape index (κ3) is 3.67. The van der Waals surface area contributed by atoms with E-state index in [0.717, 1.165) is 11.3 Å². The van der Waals surface area contributed by atoms with Gasteiger partial charge in [-0.2, -0.15) is 4.79 Å². The molecule has 1 heterocycles. The lowest BCUT2D eigenvalue weighted by Gasteiger charge is -2.22. The van der Waals surface area contributed by atoms with E-state index < -0.39 is 6.09 Å². The largest absolute Gasteiger partial charge is 0.526 e. The maximum atomic E-state index is 12.2. The van der Waals surface area contributed by atoms with Crippen LogP contribution in [0.3, 0.4) is 0 Å². The van der Waals surface area contributed by atoms with Crippen LogP contribution in [0.2, 0.25) is 10.0 Å². The van der Waals surface area contributed by atoms with Gasteiger partial charge in [-0.3, -0.25) is 0 Å². The first-order valence-electron chi connectivity index (χ1n) is 6.79. The SMILES string of the molecule is COC(=O)[N+]1(Cc2ccc(Cl)c(Cl)c2)C=NC(C[C@@H](C)N)=C1. The molecular formula is C15H18Cl2N3O2+. The third-order valence-electron chi connectivity index (χ3n) is 3.28. The molecule has 0 fully saturated rings. The average Bonchev–Trinajstić information content (AvgIpc) is 2.85. The Balaban J connectivity index is 2.32. The minimum atomic E-state index is -0.422. The fourth-order valence-electron chi connectivity index (χ4n) is 2.31. The van der Waals surface area contributed by atoms with Crippen molar-refractivity contribution >= 4 is 35.6 Å². The first kappa shape index (κ1) is 17.0. The number of carbonyl (C=O) groups is 1. The minimum absolute atomic E-state index is 0.0361. The Morgan fingerprint density at radius 3 is 2.73 bits per heavy atom. The number of halogens is 2. The highest BCUT2D eigenvalue weighted by molar-refractivity contribution is 6.42. The van der Waals surface area contributed by atoms with Crippen LogP contribution in [0.1, 0.15) is 18.9 Å². The highest BCUT2D eigenvalue weighted by Gasteiger charge is 2.40.